The summed E-state index contributed by atoms with van der Waals surface area (Å²) in [6.07, 6.45) is 1.83. The molecule has 4 nitrogen and oxygen atoms in total. The first kappa shape index (κ1) is 14.6. The number of aromatic nitrogens is 1. The summed E-state index contributed by atoms with van der Waals surface area (Å²) in [7, 11) is 0. The molecule has 2 aromatic rings. The molecule has 0 saturated heterocycles. The maximum absolute atomic E-state index is 11.7. The third-order valence-corrected chi connectivity index (χ3v) is 3.28. The highest BCUT2D eigenvalue weighted by Crippen LogP contribution is 2.21. The molecule has 0 radical (unpaired) electrons. The number of carbonyl (C=O) groups excluding carboxylic acids is 1. The van der Waals surface area contributed by atoms with Gasteiger partial charge in [-0.2, -0.15) is 0 Å². The van der Waals surface area contributed by atoms with Crippen LogP contribution in [0.3, 0.4) is 0 Å². The number of hydrogen-bond donors (Lipinski definition) is 2. The molecule has 106 valence electrons. The Hall–Kier alpha value is -1.81. The molecular formula is C15H17ClN2O2. The van der Waals surface area contributed by atoms with Crippen molar-refractivity contribution in [2.45, 2.75) is 32.1 Å². The van der Waals surface area contributed by atoms with Crippen molar-refractivity contribution < 1.29 is 4.79 Å². The van der Waals surface area contributed by atoms with Gasteiger partial charge in [0, 0.05) is 17.1 Å². The lowest BCUT2D eigenvalue weighted by atomic mass is 10.0. The summed E-state index contributed by atoms with van der Waals surface area (Å²) < 4.78 is 0. The smallest absolute Gasteiger partial charge is 0.248 e. The van der Waals surface area contributed by atoms with Crippen LogP contribution in [0.1, 0.15) is 25.8 Å². The molecular weight excluding hydrogens is 276 g/mol. The molecule has 1 aromatic heterocycles. The Bertz CT molecular complexity index is 692. The monoisotopic (exact) mass is 292 g/mol. The molecule has 0 spiro atoms. The van der Waals surface area contributed by atoms with Crippen LogP contribution in [-0.4, -0.2) is 16.3 Å². The van der Waals surface area contributed by atoms with Crippen molar-refractivity contribution in [3.8, 4) is 0 Å². The molecule has 1 amide bonds. The quantitative estimate of drug-likeness (QED) is 0.851. The summed E-state index contributed by atoms with van der Waals surface area (Å²) >= 11 is 5.72. The zero-order valence-corrected chi connectivity index (χ0v) is 12.3. The average Bonchev–Trinajstić information content (AvgIpc) is 2.38. The summed E-state index contributed by atoms with van der Waals surface area (Å²) in [6.45, 7) is 3.68. The molecule has 0 bridgehead atoms. The zero-order valence-electron chi connectivity index (χ0n) is 11.5. The highest BCUT2D eigenvalue weighted by Gasteiger charge is 2.10. The van der Waals surface area contributed by atoms with Gasteiger partial charge >= 0.3 is 0 Å². The van der Waals surface area contributed by atoms with Crippen LogP contribution in [0.25, 0.3) is 10.9 Å². The van der Waals surface area contributed by atoms with Gasteiger partial charge in [0.2, 0.25) is 11.5 Å². The van der Waals surface area contributed by atoms with Gasteiger partial charge in [0.25, 0.3) is 0 Å². The minimum Gasteiger partial charge on any atom is -0.325 e. The number of anilines is 1. The lowest BCUT2D eigenvalue weighted by molar-refractivity contribution is -0.115. The van der Waals surface area contributed by atoms with E-state index in [-0.39, 0.29) is 11.5 Å². The van der Waals surface area contributed by atoms with Crippen LogP contribution >= 0.6 is 11.6 Å². The molecule has 1 unspecified atom stereocenters. The number of alkyl halides is 1. The first-order valence-electron chi connectivity index (χ1n) is 6.62. The number of hydrogen-bond acceptors (Lipinski definition) is 2. The van der Waals surface area contributed by atoms with E-state index in [4.69, 9.17) is 11.6 Å². The maximum atomic E-state index is 11.7. The van der Waals surface area contributed by atoms with Crippen molar-refractivity contribution in [2.24, 2.45) is 0 Å². The number of H-pyrrole nitrogens is 1. The Morgan fingerprint density at radius 2 is 2.15 bits per heavy atom. The summed E-state index contributed by atoms with van der Waals surface area (Å²) in [6, 6.07) is 7.11. The van der Waals surface area contributed by atoms with E-state index in [0.29, 0.717) is 5.69 Å². The highest BCUT2D eigenvalue weighted by atomic mass is 35.5. The minimum absolute atomic E-state index is 0.130. The molecule has 0 aliphatic carbocycles. The first-order valence-corrected chi connectivity index (χ1v) is 7.05. The molecule has 0 aliphatic heterocycles. The molecule has 2 rings (SSSR count). The van der Waals surface area contributed by atoms with Gasteiger partial charge in [-0.05, 0) is 31.0 Å². The van der Waals surface area contributed by atoms with Gasteiger partial charge < -0.3 is 10.3 Å². The summed E-state index contributed by atoms with van der Waals surface area (Å²) in [5.41, 5.74) is 2.24. The maximum Gasteiger partial charge on any atom is 0.248 e. The molecule has 20 heavy (non-hydrogen) atoms. The van der Waals surface area contributed by atoms with Gasteiger partial charge in [-0.25, -0.2) is 0 Å². The molecule has 1 aromatic carbocycles. The Morgan fingerprint density at radius 1 is 1.40 bits per heavy atom. The second kappa shape index (κ2) is 6.09. The third-order valence-electron chi connectivity index (χ3n) is 3.08. The first-order chi connectivity index (χ1) is 9.51. The van der Waals surface area contributed by atoms with Gasteiger partial charge in [0.05, 0.1) is 5.52 Å². The molecule has 0 aliphatic rings. The molecule has 5 heteroatoms. The van der Waals surface area contributed by atoms with Crippen LogP contribution in [0.2, 0.25) is 0 Å². The van der Waals surface area contributed by atoms with Crippen LogP contribution in [-0.2, 0) is 11.2 Å². The van der Waals surface area contributed by atoms with Crippen LogP contribution in [0.5, 0.6) is 0 Å². The van der Waals surface area contributed by atoms with E-state index >= 15 is 0 Å². The van der Waals surface area contributed by atoms with E-state index in [2.05, 4.69) is 17.2 Å². The Balaban J connectivity index is 2.44. The van der Waals surface area contributed by atoms with E-state index in [1.807, 2.05) is 12.1 Å². The number of aromatic amines is 1. The summed E-state index contributed by atoms with van der Waals surface area (Å²) in [5.74, 6) is -0.266. The summed E-state index contributed by atoms with van der Waals surface area (Å²) in [5, 5.41) is 3.11. The van der Waals surface area contributed by atoms with Gasteiger partial charge in [0.1, 0.15) is 5.38 Å². The van der Waals surface area contributed by atoms with Crippen LogP contribution < -0.4 is 10.9 Å². The molecule has 2 N–H and O–H groups in total. The van der Waals surface area contributed by atoms with E-state index < -0.39 is 5.38 Å². The van der Waals surface area contributed by atoms with E-state index in [0.717, 1.165) is 29.3 Å². The predicted octanol–water partition coefficient (Wildman–Crippen LogP) is 3.05. The number of rotatable bonds is 4. The van der Waals surface area contributed by atoms with Gasteiger partial charge in [-0.15, -0.1) is 11.6 Å². The van der Waals surface area contributed by atoms with Crippen molar-refractivity contribution in [3.63, 3.8) is 0 Å². The van der Waals surface area contributed by atoms with Crippen molar-refractivity contribution in [1.29, 1.82) is 0 Å². The van der Waals surface area contributed by atoms with Crippen molar-refractivity contribution in [2.75, 3.05) is 5.32 Å². The fourth-order valence-electron chi connectivity index (χ4n) is 2.13. The summed E-state index contributed by atoms with van der Waals surface area (Å²) in [4.78, 5) is 26.0. The second-order valence-corrected chi connectivity index (χ2v) is 5.43. The van der Waals surface area contributed by atoms with Crippen molar-refractivity contribution >= 4 is 34.1 Å². The fraction of sp³-hybridized carbons (Fsp3) is 0.333. The number of fused-ring (bicyclic) bond motifs is 1. The SMILES string of the molecule is CCCc1cc(=O)[nH]c2cc(NC(=O)C(C)Cl)ccc12. The van der Waals surface area contributed by atoms with Crippen molar-refractivity contribution in [3.05, 3.63) is 40.2 Å². The van der Waals surface area contributed by atoms with E-state index in [1.165, 1.54) is 0 Å². The topological polar surface area (TPSA) is 62.0 Å². The second-order valence-electron chi connectivity index (χ2n) is 4.77. The number of benzene rings is 1. The minimum atomic E-state index is -0.601. The van der Waals surface area contributed by atoms with Crippen LogP contribution in [0, 0.1) is 0 Å². The largest absolute Gasteiger partial charge is 0.325 e. The Kier molecular flexibility index (Phi) is 4.45. The fourth-order valence-corrected chi connectivity index (χ4v) is 2.18. The van der Waals surface area contributed by atoms with Gasteiger partial charge in [-0.3, -0.25) is 9.59 Å². The van der Waals surface area contributed by atoms with Crippen LogP contribution in [0.4, 0.5) is 5.69 Å². The number of amides is 1. The highest BCUT2D eigenvalue weighted by molar-refractivity contribution is 6.32. The number of halogens is 1. The normalized spacial score (nSPS) is 12.3. The standard InChI is InChI=1S/C15H17ClN2O2/c1-3-4-10-7-14(19)18-13-8-11(5-6-12(10)13)17-15(20)9(2)16/h5-9H,3-4H2,1-2H3,(H,17,20)(H,18,19). The lowest BCUT2D eigenvalue weighted by Crippen LogP contribution is -2.20. The van der Waals surface area contributed by atoms with E-state index in [9.17, 15) is 9.59 Å². The number of pyridine rings is 1. The lowest BCUT2D eigenvalue weighted by Gasteiger charge is -2.09. The molecule has 1 heterocycles. The third kappa shape index (κ3) is 3.20. The zero-order chi connectivity index (χ0) is 14.7. The van der Waals surface area contributed by atoms with Gasteiger partial charge in [-0.1, -0.05) is 19.4 Å². The predicted molar refractivity (Wildman–Crippen MR) is 82.5 cm³/mol. The molecule has 0 fully saturated rings. The van der Waals surface area contributed by atoms with Crippen molar-refractivity contribution in [1.82, 2.24) is 4.98 Å². The molecule has 1 atom stereocenters. The number of aryl methyl sites for hydroxylation is 1. The van der Waals surface area contributed by atoms with Crippen LogP contribution in [0.15, 0.2) is 29.1 Å². The number of nitrogens with one attached hydrogen (secondary N) is 2. The van der Waals surface area contributed by atoms with Gasteiger partial charge in [0.15, 0.2) is 0 Å². The molecule has 0 saturated carbocycles. The average molecular weight is 293 g/mol. The van der Waals surface area contributed by atoms with E-state index in [1.54, 1.807) is 19.1 Å². The number of carbonyl (C=O) groups is 1. The Labute approximate surface area is 122 Å². The Morgan fingerprint density at radius 3 is 2.80 bits per heavy atom.